The summed E-state index contributed by atoms with van der Waals surface area (Å²) in [7, 11) is 6.64. The summed E-state index contributed by atoms with van der Waals surface area (Å²) < 4.78 is 26.2. The standard InChI is InChI=1S/C17H20O2.C14H14O3.2C8H10S2.4CH4/c1-17(2,13-5-9-15(18-3)10-6-13)14-7-11-16(19-4)12-8-14;1-15-11-3-7-13(8-4-11)17-14-9-5-12(16-2)6-10-14;1-9-7-3-5-8(10-2)6-4-7;1-9-7-4-3-5-8(6-7)10-2;;;;/h5-12H,1-4H3;3-10H,1-2H3;2*3-6H,1-2H3;4*1H4. The molecule has 60 heavy (non-hydrogen) atoms. The predicted octanol–water partition coefficient (Wildman–Crippen LogP) is 16.3. The van der Waals surface area contributed by atoms with E-state index in [1.165, 1.54) is 30.7 Å². The van der Waals surface area contributed by atoms with E-state index in [1.54, 1.807) is 75.5 Å². The molecule has 0 saturated carbocycles. The Bertz CT molecular complexity index is 1810. The van der Waals surface area contributed by atoms with E-state index in [9.17, 15) is 0 Å². The molecular formula is C51H70O5S4. The Hall–Kier alpha value is -4.28. The lowest BCUT2D eigenvalue weighted by Crippen LogP contribution is -2.18. The summed E-state index contributed by atoms with van der Waals surface area (Å²) in [5, 5.41) is 0. The summed E-state index contributed by atoms with van der Waals surface area (Å²) in [4.78, 5) is 5.34. The molecule has 0 fully saturated rings. The van der Waals surface area contributed by atoms with Gasteiger partial charge in [-0.25, -0.2) is 0 Å². The molecule has 0 unspecified atom stereocenters. The zero-order chi connectivity index (χ0) is 40.8. The molecular weight excluding hydrogens is 821 g/mol. The second-order valence-corrected chi connectivity index (χ2v) is 15.8. The molecule has 0 amide bonds. The molecule has 0 radical (unpaired) electrons. The Morgan fingerprint density at radius 3 is 0.833 bits per heavy atom. The number of benzene rings is 6. The largest absolute Gasteiger partial charge is 0.497 e. The monoisotopic (exact) mass is 890 g/mol. The van der Waals surface area contributed by atoms with Crippen LogP contribution in [0.3, 0.4) is 0 Å². The Kier molecular flexibility index (Phi) is 30.4. The summed E-state index contributed by atoms with van der Waals surface area (Å²) in [5.74, 6) is 4.94. The third-order valence-corrected chi connectivity index (χ3v) is 11.5. The molecule has 328 valence electrons. The average Bonchev–Trinajstić information content (AvgIpc) is 3.27. The van der Waals surface area contributed by atoms with Crippen LogP contribution in [-0.2, 0) is 5.41 Å². The van der Waals surface area contributed by atoms with E-state index in [4.69, 9.17) is 23.7 Å². The van der Waals surface area contributed by atoms with Gasteiger partial charge in [0.2, 0.25) is 0 Å². The highest BCUT2D eigenvalue weighted by atomic mass is 32.2. The average molecular weight is 891 g/mol. The third-order valence-electron chi connectivity index (χ3n) is 8.55. The fourth-order valence-electron chi connectivity index (χ4n) is 5.05. The van der Waals surface area contributed by atoms with Crippen molar-refractivity contribution in [3.8, 4) is 34.5 Å². The predicted molar refractivity (Wildman–Crippen MR) is 271 cm³/mol. The van der Waals surface area contributed by atoms with Crippen molar-refractivity contribution in [1.29, 1.82) is 0 Å². The minimum absolute atomic E-state index is 0. The zero-order valence-electron chi connectivity index (χ0n) is 34.0. The van der Waals surface area contributed by atoms with Crippen molar-refractivity contribution in [1.82, 2.24) is 0 Å². The van der Waals surface area contributed by atoms with E-state index in [0.717, 1.165) is 34.5 Å². The van der Waals surface area contributed by atoms with Crippen molar-refractivity contribution < 1.29 is 23.7 Å². The van der Waals surface area contributed by atoms with Gasteiger partial charge in [-0.05, 0) is 151 Å². The van der Waals surface area contributed by atoms with Crippen LogP contribution in [0.25, 0.3) is 0 Å². The zero-order valence-corrected chi connectivity index (χ0v) is 37.3. The molecule has 0 saturated heterocycles. The van der Waals surface area contributed by atoms with Crippen LogP contribution in [0.5, 0.6) is 34.5 Å². The van der Waals surface area contributed by atoms with Crippen LogP contribution in [0.1, 0.15) is 54.7 Å². The van der Waals surface area contributed by atoms with E-state index in [0.29, 0.717) is 0 Å². The smallest absolute Gasteiger partial charge is 0.127 e. The molecule has 0 spiro atoms. The molecule has 0 aromatic heterocycles. The van der Waals surface area contributed by atoms with Gasteiger partial charge in [0.15, 0.2) is 0 Å². The number of hydrogen-bond acceptors (Lipinski definition) is 9. The minimum atomic E-state index is -0.0431. The van der Waals surface area contributed by atoms with Crippen molar-refractivity contribution in [2.45, 2.75) is 68.6 Å². The molecule has 0 aliphatic rings. The molecule has 6 aromatic carbocycles. The van der Waals surface area contributed by atoms with Gasteiger partial charge in [-0.15, -0.1) is 47.0 Å². The van der Waals surface area contributed by atoms with E-state index in [2.05, 4.69) is 112 Å². The lowest BCUT2D eigenvalue weighted by atomic mass is 9.78. The molecule has 6 rings (SSSR count). The van der Waals surface area contributed by atoms with Crippen molar-refractivity contribution in [2.24, 2.45) is 0 Å². The lowest BCUT2D eigenvalue weighted by Gasteiger charge is -2.26. The molecule has 0 heterocycles. The van der Waals surface area contributed by atoms with Crippen molar-refractivity contribution >= 4 is 47.0 Å². The second-order valence-electron chi connectivity index (χ2n) is 12.3. The topological polar surface area (TPSA) is 46.2 Å². The number of methoxy groups -OCH3 is 4. The van der Waals surface area contributed by atoms with Crippen LogP contribution in [0.15, 0.2) is 165 Å². The van der Waals surface area contributed by atoms with E-state index < -0.39 is 0 Å². The van der Waals surface area contributed by atoms with Crippen LogP contribution in [0.2, 0.25) is 0 Å². The lowest BCUT2D eigenvalue weighted by molar-refractivity contribution is 0.411. The van der Waals surface area contributed by atoms with Gasteiger partial charge in [-0.1, -0.05) is 73.9 Å². The minimum Gasteiger partial charge on any atom is -0.497 e. The van der Waals surface area contributed by atoms with Gasteiger partial charge in [0.05, 0.1) is 28.4 Å². The highest BCUT2D eigenvalue weighted by molar-refractivity contribution is 7.99. The van der Waals surface area contributed by atoms with Gasteiger partial charge in [0.25, 0.3) is 0 Å². The Balaban J connectivity index is 0. The number of rotatable bonds is 12. The van der Waals surface area contributed by atoms with Crippen molar-refractivity contribution in [3.05, 3.63) is 157 Å². The quantitative estimate of drug-likeness (QED) is 0.112. The van der Waals surface area contributed by atoms with Crippen LogP contribution < -0.4 is 23.7 Å². The van der Waals surface area contributed by atoms with Crippen LogP contribution in [-0.4, -0.2) is 53.5 Å². The second kappa shape index (κ2) is 31.6. The normalized spacial score (nSPS) is 9.57. The fraction of sp³-hybridized carbons (Fsp3) is 0.294. The molecule has 9 heteroatoms. The molecule has 5 nitrogen and oxygen atoms in total. The van der Waals surface area contributed by atoms with Crippen molar-refractivity contribution in [2.75, 3.05) is 53.5 Å². The first-order valence-corrected chi connectivity index (χ1v) is 22.6. The first kappa shape index (κ1) is 57.8. The maximum absolute atomic E-state index is 5.67. The van der Waals surface area contributed by atoms with Crippen LogP contribution >= 0.6 is 47.0 Å². The van der Waals surface area contributed by atoms with Gasteiger partial charge in [-0.2, -0.15) is 0 Å². The highest BCUT2D eigenvalue weighted by Gasteiger charge is 2.23. The molecule has 0 aliphatic heterocycles. The molecule has 0 N–H and O–H groups in total. The van der Waals surface area contributed by atoms with Gasteiger partial charge >= 0.3 is 0 Å². The Morgan fingerprint density at radius 1 is 0.333 bits per heavy atom. The molecule has 6 aromatic rings. The molecule has 0 bridgehead atoms. The summed E-state index contributed by atoms with van der Waals surface area (Å²) in [6.07, 6.45) is 8.38. The summed E-state index contributed by atoms with van der Waals surface area (Å²) in [6.45, 7) is 4.44. The van der Waals surface area contributed by atoms with Gasteiger partial charge < -0.3 is 23.7 Å². The maximum atomic E-state index is 5.67. The Morgan fingerprint density at radius 2 is 0.583 bits per heavy atom. The summed E-state index contributed by atoms with van der Waals surface area (Å²) in [6, 6.07) is 48.5. The maximum Gasteiger partial charge on any atom is 0.127 e. The van der Waals surface area contributed by atoms with Gasteiger partial charge in [0.1, 0.15) is 34.5 Å². The SMILES string of the molecule is C.C.C.C.COc1ccc(C(C)(C)c2ccc(OC)cc2)cc1.COc1ccc(Oc2ccc(OC)cc2)cc1.CSc1ccc(SC)cc1.CSc1cccc(SC)c1. The van der Waals surface area contributed by atoms with Crippen molar-refractivity contribution in [3.63, 3.8) is 0 Å². The summed E-state index contributed by atoms with van der Waals surface area (Å²) >= 11 is 7.13. The third kappa shape index (κ3) is 19.4. The number of hydrogen-bond donors (Lipinski definition) is 0. The van der Waals surface area contributed by atoms with Crippen LogP contribution in [0.4, 0.5) is 0 Å². The first-order valence-electron chi connectivity index (χ1n) is 17.7. The fourth-order valence-corrected chi connectivity index (χ4v) is 6.86. The van der Waals surface area contributed by atoms with Gasteiger partial charge in [0, 0.05) is 25.0 Å². The summed E-state index contributed by atoms with van der Waals surface area (Å²) in [5.41, 5.74) is 2.48. The molecule has 0 aliphatic carbocycles. The van der Waals surface area contributed by atoms with E-state index in [1.807, 2.05) is 72.8 Å². The number of thioether (sulfide) groups is 4. The Labute approximate surface area is 381 Å². The van der Waals surface area contributed by atoms with Crippen LogP contribution in [0, 0.1) is 0 Å². The van der Waals surface area contributed by atoms with Gasteiger partial charge in [-0.3, -0.25) is 0 Å². The first-order chi connectivity index (χ1) is 27.1. The highest BCUT2D eigenvalue weighted by Crippen LogP contribution is 2.33. The molecule has 0 atom stereocenters. The van der Waals surface area contributed by atoms with E-state index >= 15 is 0 Å². The number of ether oxygens (including phenoxy) is 5. The van der Waals surface area contributed by atoms with E-state index in [-0.39, 0.29) is 35.1 Å².